The molecule has 5 heteroatoms. The van der Waals surface area contributed by atoms with Gasteiger partial charge in [-0.1, -0.05) is 39.0 Å². The maximum absolute atomic E-state index is 12.2. The summed E-state index contributed by atoms with van der Waals surface area (Å²) in [6.45, 7) is 11.1. The van der Waals surface area contributed by atoms with Crippen LogP contribution in [0.25, 0.3) is 0 Å². The predicted octanol–water partition coefficient (Wildman–Crippen LogP) is 2.11. The highest BCUT2D eigenvalue weighted by Crippen LogP contribution is 2.20. The van der Waals surface area contributed by atoms with Crippen molar-refractivity contribution in [2.24, 2.45) is 5.41 Å². The van der Waals surface area contributed by atoms with Crippen molar-refractivity contribution in [3.63, 3.8) is 0 Å². The molecule has 2 N–H and O–H groups in total. The van der Waals surface area contributed by atoms with Crippen molar-refractivity contribution < 1.29 is 9.90 Å². The number of amides is 1. The minimum Gasteiger partial charge on any atom is -0.394 e. The van der Waals surface area contributed by atoms with Crippen LogP contribution in [0.15, 0.2) is 30.3 Å². The summed E-state index contributed by atoms with van der Waals surface area (Å²) in [5, 5.41) is 12.4. The molecule has 1 saturated heterocycles. The summed E-state index contributed by atoms with van der Waals surface area (Å²) in [4.78, 5) is 16.9. The minimum absolute atomic E-state index is 0.00123. The maximum atomic E-state index is 12.2. The van der Waals surface area contributed by atoms with Crippen LogP contribution in [-0.4, -0.2) is 61.3 Å². The predicted molar refractivity (Wildman–Crippen MR) is 103 cm³/mol. The van der Waals surface area contributed by atoms with Crippen molar-refractivity contribution in [1.82, 2.24) is 10.2 Å². The highest BCUT2D eigenvalue weighted by Gasteiger charge is 2.21. The van der Waals surface area contributed by atoms with E-state index in [1.165, 1.54) is 5.69 Å². The van der Waals surface area contributed by atoms with Crippen LogP contribution in [0.5, 0.6) is 0 Å². The second-order valence-corrected chi connectivity index (χ2v) is 8.13. The first kappa shape index (κ1) is 19.7. The van der Waals surface area contributed by atoms with E-state index in [-0.39, 0.29) is 24.0 Å². The van der Waals surface area contributed by atoms with Crippen molar-refractivity contribution in [2.75, 3.05) is 44.2 Å². The summed E-state index contributed by atoms with van der Waals surface area (Å²) in [7, 11) is 0. The van der Waals surface area contributed by atoms with Gasteiger partial charge in [-0.15, -0.1) is 0 Å². The first-order valence-electron chi connectivity index (χ1n) is 9.30. The van der Waals surface area contributed by atoms with Crippen LogP contribution in [-0.2, 0) is 4.79 Å². The number of hydrogen-bond donors (Lipinski definition) is 2. The van der Waals surface area contributed by atoms with Gasteiger partial charge in [0.25, 0.3) is 0 Å². The van der Waals surface area contributed by atoms with Gasteiger partial charge in [0, 0.05) is 44.8 Å². The topological polar surface area (TPSA) is 55.8 Å². The molecule has 5 nitrogen and oxygen atoms in total. The van der Waals surface area contributed by atoms with Gasteiger partial charge in [-0.2, -0.15) is 0 Å². The van der Waals surface area contributed by atoms with E-state index < -0.39 is 0 Å². The first-order valence-corrected chi connectivity index (χ1v) is 9.30. The van der Waals surface area contributed by atoms with E-state index in [4.69, 9.17) is 0 Å². The molecule has 1 aliphatic rings. The lowest BCUT2D eigenvalue weighted by Gasteiger charge is -2.36. The fraction of sp³-hybridized carbons (Fsp3) is 0.650. The molecule has 1 heterocycles. The number of nitrogens with one attached hydrogen (secondary N) is 1. The normalized spacial score (nSPS) is 17.4. The van der Waals surface area contributed by atoms with Crippen molar-refractivity contribution in [1.29, 1.82) is 0 Å². The number of carbonyl (C=O) groups is 1. The summed E-state index contributed by atoms with van der Waals surface area (Å²) in [5.41, 5.74) is 1.36. The van der Waals surface area contributed by atoms with Crippen LogP contribution in [0, 0.1) is 5.41 Å². The number of para-hydroxylation sites is 1. The van der Waals surface area contributed by atoms with E-state index in [0.717, 1.165) is 39.1 Å². The molecule has 2 rings (SSSR count). The van der Waals surface area contributed by atoms with Crippen LogP contribution in [0.1, 0.15) is 33.6 Å². The summed E-state index contributed by atoms with van der Waals surface area (Å²) in [5.74, 6) is 0.0359. The largest absolute Gasteiger partial charge is 0.394 e. The average molecular weight is 348 g/mol. The van der Waals surface area contributed by atoms with Gasteiger partial charge in [-0.25, -0.2) is 0 Å². The minimum atomic E-state index is -0.151. The number of carbonyl (C=O) groups excluding carboxylic acids is 1. The third-order valence-electron chi connectivity index (χ3n) is 4.59. The monoisotopic (exact) mass is 347 g/mol. The molecular weight excluding hydrogens is 314 g/mol. The highest BCUT2D eigenvalue weighted by atomic mass is 16.3. The lowest BCUT2D eigenvalue weighted by molar-refractivity contribution is -0.122. The SMILES string of the molecule is CC(C)(C)CC(CO)NC(=O)CCN1CCN(c2ccccc2)CC1. The Bertz CT molecular complexity index is 519. The Morgan fingerprint density at radius 1 is 1.16 bits per heavy atom. The maximum Gasteiger partial charge on any atom is 0.221 e. The number of anilines is 1. The number of aliphatic hydroxyl groups excluding tert-OH is 1. The summed E-state index contributed by atoms with van der Waals surface area (Å²) in [6, 6.07) is 10.3. The molecule has 1 amide bonds. The van der Waals surface area contributed by atoms with Crippen LogP contribution < -0.4 is 10.2 Å². The molecular formula is C20H33N3O2. The van der Waals surface area contributed by atoms with Crippen LogP contribution in [0.3, 0.4) is 0 Å². The van der Waals surface area contributed by atoms with E-state index in [0.29, 0.717) is 6.42 Å². The molecule has 0 aliphatic carbocycles. The van der Waals surface area contributed by atoms with E-state index in [2.05, 4.69) is 60.2 Å². The summed E-state index contributed by atoms with van der Waals surface area (Å²) in [6.07, 6.45) is 1.27. The van der Waals surface area contributed by atoms with Crippen molar-refractivity contribution in [3.05, 3.63) is 30.3 Å². The van der Waals surface area contributed by atoms with Gasteiger partial charge in [0.05, 0.1) is 12.6 Å². The summed E-state index contributed by atoms with van der Waals surface area (Å²) >= 11 is 0. The molecule has 1 aromatic rings. The third-order valence-corrected chi connectivity index (χ3v) is 4.59. The second-order valence-electron chi connectivity index (χ2n) is 8.13. The van der Waals surface area contributed by atoms with E-state index in [1.807, 2.05) is 6.07 Å². The number of hydrogen-bond acceptors (Lipinski definition) is 4. The average Bonchev–Trinajstić information content (AvgIpc) is 2.59. The van der Waals surface area contributed by atoms with Crippen LogP contribution in [0.2, 0.25) is 0 Å². The Balaban J connectivity index is 1.69. The molecule has 1 atom stereocenters. The Hall–Kier alpha value is -1.59. The van der Waals surface area contributed by atoms with Gasteiger partial charge in [0.15, 0.2) is 0 Å². The number of aliphatic hydroxyl groups is 1. The standard InChI is InChI=1S/C20H33N3O2/c1-20(2,3)15-17(16-24)21-19(25)9-10-22-11-13-23(14-12-22)18-7-5-4-6-8-18/h4-8,17,24H,9-16H2,1-3H3,(H,21,25). The zero-order chi connectivity index (χ0) is 18.3. The highest BCUT2D eigenvalue weighted by molar-refractivity contribution is 5.76. The fourth-order valence-electron chi connectivity index (χ4n) is 3.33. The number of benzene rings is 1. The quantitative estimate of drug-likeness (QED) is 0.793. The Morgan fingerprint density at radius 2 is 1.80 bits per heavy atom. The van der Waals surface area contributed by atoms with Gasteiger partial charge in [0.1, 0.15) is 0 Å². The smallest absolute Gasteiger partial charge is 0.221 e. The Labute approximate surface area is 152 Å². The molecule has 0 aromatic heterocycles. The van der Waals surface area contributed by atoms with Crippen LogP contribution >= 0.6 is 0 Å². The fourth-order valence-corrected chi connectivity index (χ4v) is 3.33. The Morgan fingerprint density at radius 3 is 2.36 bits per heavy atom. The molecule has 1 aliphatic heterocycles. The van der Waals surface area contributed by atoms with Crippen LogP contribution in [0.4, 0.5) is 5.69 Å². The zero-order valence-electron chi connectivity index (χ0n) is 15.9. The van der Waals surface area contributed by atoms with Gasteiger partial charge in [0.2, 0.25) is 5.91 Å². The van der Waals surface area contributed by atoms with Gasteiger partial charge in [-0.3, -0.25) is 9.69 Å². The number of piperazine rings is 1. The molecule has 1 fully saturated rings. The molecule has 0 saturated carbocycles. The lowest BCUT2D eigenvalue weighted by Crippen LogP contribution is -2.48. The molecule has 140 valence electrons. The van der Waals surface area contributed by atoms with E-state index in [1.54, 1.807) is 0 Å². The van der Waals surface area contributed by atoms with Gasteiger partial charge >= 0.3 is 0 Å². The lowest BCUT2D eigenvalue weighted by atomic mass is 9.88. The van der Waals surface area contributed by atoms with E-state index in [9.17, 15) is 9.90 Å². The number of rotatable bonds is 7. The Kier molecular flexibility index (Phi) is 7.26. The summed E-state index contributed by atoms with van der Waals surface area (Å²) < 4.78 is 0. The van der Waals surface area contributed by atoms with E-state index >= 15 is 0 Å². The molecule has 1 unspecified atom stereocenters. The van der Waals surface area contributed by atoms with Crippen molar-refractivity contribution in [2.45, 2.75) is 39.7 Å². The van der Waals surface area contributed by atoms with Crippen molar-refractivity contribution >= 4 is 11.6 Å². The molecule has 25 heavy (non-hydrogen) atoms. The number of nitrogens with zero attached hydrogens (tertiary/aromatic N) is 2. The molecule has 0 bridgehead atoms. The third kappa shape index (κ3) is 7.04. The zero-order valence-corrected chi connectivity index (χ0v) is 15.9. The van der Waals surface area contributed by atoms with Gasteiger partial charge in [-0.05, 0) is 24.0 Å². The first-order chi connectivity index (χ1) is 11.9. The van der Waals surface area contributed by atoms with Crippen molar-refractivity contribution in [3.8, 4) is 0 Å². The molecule has 0 radical (unpaired) electrons. The molecule has 0 spiro atoms. The van der Waals surface area contributed by atoms with Gasteiger partial charge < -0.3 is 15.3 Å². The molecule has 1 aromatic carbocycles. The second kappa shape index (κ2) is 9.20.